The first-order valence-corrected chi connectivity index (χ1v) is 10.3. The predicted octanol–water partition coefficient (Wildman–Crippen LogP) is 3.15. The fraction of sp³-hybridized carbons (Fsp3) is 0.227. The molecule has 1 amide bonds. The van der Waals surface area contributed by atoms with E-state index in [0.717, 1.165) is 11.1 Å². The summed E-state index contributed by atoms with van der Waals surface area (Å²) >= 11 is 6.37. The maximum absolute atomic E-state index is 13.5. The summed E-state index contributed by atoms with van der Waals surface area (Å²) in [7, 11) is 1.58. The maximum Gasteiger partial charge on any atom is 0.337 e. The van der Waals surface area contributed by atoms with Crippen LogP contribution < -0.4 is 15.4 Å². The van der Waals surface area contributed by atoms with Gasteiger partial charge in [-0.25, -0.2) is 9.78 Å². The number of nitrogen functional groups attached to an aromatic ring is 1. The van der Waals surface area contributed by atoms with Gasteiger partial charge in [0, 0.05) is 29.2 Å². The van der Waals surface area contributed by atoms with Gasteiger partial charge in [0.1, 0.15) is 10.9 Å². The lowest BCUT2D eigenvalue weighted by molar-refractivity contribution is -0.113. The molecule has 1 aliphatic rings. The Hall–Kier alpha value is -3.92. The number of rotatable bonds is 5. The highest BCUT2D eigenvalue weighted by atomic mass is 35.5. The fourth-order valence-corrected chi connectivity index (χ4v) is 4.18. The molecule has 33 heavy (non-hydrogen) atoms. The number of methoxy groups -OCH3 is 1. The van der Waals surface area contributed by atoms with Crippen LogP contribution in [0.2, 0.25) is 5.15 Å². The van der Waals surface area contributed by atoms with Crippen molar-refractivity contribution >= 4 is 46.9 Å². The Kier molecular flexibility index (Phi) is 5.54. The highest BCUT2D eigenvalue weighted by Crippen LogP contribution is 2.42. The number of hydrogen-bond acceptors (Lipinski definition) is 7. The number of carboxylic acid groups (broad SMARTS) is 1. The van der Waals surface area contributed by atoms with Crippen molar-refractivity contribution in [3.8, 4) is 5.75 Å². The van der Waals surface area contributed by atoms with Crippen molar-refractivity contribution in [3.63, 3.8) is 0 Å². The zero-order chi connectivity index (χ0) is 24.0. The second-order valence-electron chi connectivity index (χ2n) is 7.61. The number of carbonyl (C=O) groups is 2. The van der Waals surface area contributed by atoms with E-state index in [1.54, 1.807) is 26.3 Å². The molecule has 0 aliphatic carbocycles. The average molecular weight is 469 g/mol. The summed E-state index contributed by atoms with van der Waals surface area (Å²) in [6.07, 6.45) is 4.59. The normalized spacial score (nSPS) is 14.2. The number of nitrogens with zero attached hydrogens (tertiary/aromatic N) is 4. The SMILES string of the molecule is COc1c(C)cnc(CN2C(=O)/C(=C\c3[nH]cc(C(=O)O)c3C)c3c(Cl)nc(N)nc32)c1C. The second kappa shape index (κ2) is 8.21. The van der Waals surface area contributed by atoms with E-state index < -0.39 is 11.9 Å². The number of aromatic amines is 1. The largest absolute Gasteiger partial charge is 0.496 e. The molecule has 1 aliphatic heterocycles. The summed E-state index contributed by atoms with van der Waals surface area (Å²) in [4.78, 5) is 42.0. The standard InChI is InChI=1S/C22H21ClN6O4/c1-9-6-25-15(11(3)17(9)33-4)8-29-19-16(18(23)27-22(24)28-19)12(20(29)30)5-14-10(2)13(7-26-14)21(31)32/h5-7,26H,8H2,1-4H3,(H,31,32)(H2,24,27,28)/b12-5-. The van der Waals surface area contributed by atoms with Gasteiger partial charge in [0.25, 0.3) is 5.91 Å². The van der Waals surface area contributed by atoms with Crippen LogP contribution in [0.5, 0.6) is 5.75 Å². The number of carbonyl (C=O) groups excluding carboxylic acids is 1. The van der Waals surface area contributed by atoms with Gasteiger partial charge in [-0.1, -0.05) is 11.6 Å². The van der Waals surface area contributed by atoms with Crippen LogP contribution in [0.25, 0.3) is 11.6 Å². The first-order valence-electron chi connectivity index (χ1n) is 9.91. The van der Waals surface area contributed by atoms with Crippen LogP contribution in [0.15, 0.2) is 12.4 Å². The molecule has 0 spiro atoms. The Bertz CT molecular complexity index is 1350. The Labute approximate surface area is 194 Å². The lowest BCUT2D eigenvalue weighted by atomic mass is 10.1. The Morgan fingerprint density at radius 1 is 1.30 bits per heavy atom. The molecule has 0 saturated carbocycles. The molecule has 11 heteroatoms. The number of aromatic nitrogens is 4. The Morgan fingerprint density at radius 3 is 2.67 bits per heavy atom. The molecule has 0 unspecified atom stereocenters. The number of nitrogens with one attached hydrogen (secondary N) is 1. The number of hydrogen-bond donors (Lipinski definition) is 3. The van der Waals surface area contributed by atoms with Crippen molar-refractivity contribution in [2.45, 2.75) is 27.3 Å². The number of anilines is 2. The van der Waals surface area contributed by atoms with Crippen molar-refractivity contribution in [1.29, 1.82) is 0 Å². The summed E-state index contributed by atoms with van der Waals surface area (Å²) in [5.41, 5.74) is 9.69. The number of amides is 1. The van der Waals surface area contributed by atoms with E-state index in [9.17, 15) is 14.7 Å². The monoisotopic (exact) mass is 468 g/mol. The summed E-state index contributed by atoms with van der Waals surface area (Å²) in [5, 5.41) is 9.35. The summed E-state index contributed by atoms with van der Waals surface area (Å²) < 4.78 is 5.48. The van der Waals surface area contributed by atoms with Crippen LogP contribution in [-0.2, 0) is 11.3 Å². The lowest BCUT2D eigenvalue weighted by Crippen LogP contribution is -2.27. The number of H-pyrrole nitrogens is 1. The van der Waals surface area contributed by atoms with E-state index in [1.807, 2.05) is 13.8 Å². The first-order chi connectivity index (χ1) is 15.6. The molecule has 3 aromatic heterocycles. The van der Waals surface area contributed by atoms with Gasteiger partial charge in [0.05, 0.1) is 36.0 Å². The molecule has 10 nitrogen and oxygen atoms in total. The quantitative estimate of drug-likeness (QED) is 0.382. The number of halogens is 1. The highest BCUT2D eigenvalue weighted by Gasteiger charge is 2.37. The maximum atomic E-state index is 13.5. The Balaban J connectivity index is 1.84. The Morgan fingerprint density at radius 2 is 2.03 bits per heavy atom. The summed E-state index contributed by atoms with van der Waals surface area (Å²) in [6, 6.07) is 0. The van der Waals surface area contributed by atoms with Gasteiger partial charge in [-0.05, 0) is 32.4 Å². The number of aryl methyl sites for hydroxylation is 1. The van der Waals surface area contributed by atoms with Crippen LogP contribution in [-0.4, -0.2) is 44.0 Å². The van der Waals surface area contributed by atoms with Crippen LogP contribution in [0, 0.1) is 20.8 Å². The van der Waals surface area contributed by atoms with Crippen LogP contribution in [0.3, 0.4) is 0 Å². The van der Waals surface area contributed by atoms with Gasteiger partial charge in [0.2, 0.25) is 5.95 Å². The molecular formula is C22H21ClN6O4. The minimum absolute atomic E-state index is 0.0217. The number of nitrogens with two attached hydrogens (primary N) is 1. The second-order valence-corrected chi connectivity index (χ2v) is 7.97. The van der Waals surface area contributed by atoms with Gasteiger partial charge in [-0.15, -0.1) is 0 Å². The van der Waals surface area contributed by atoms with E-state index in [-0.39, 0.29) is 34.6 Å². The van der Waals surface area contributed by atoms with Gasteiger partial charge in [0.15, 0.2) is 5.82 Å². The van der Waals surface area contributed by atoms with E-state index in [0.29, 0.717) is 28.3 Å². The van der Waals surface area contributed by atoms with E-state index >= 15 is 0 Å². The minimum atomic E-state index is -1.07. The number of fused-ring (bicyclic) bond motifs is 1. The molecule has 4 N–H and O–H groups in total. The third-order valence-electron chi connectivity index (χ3n) is 5.62. The van der Waals surface area contributed by atoms with E-state index in [1.165, 1.54) is 11.1 Å². The first kappa shape index (κ1) is 22.3. The molecule has 0 saturated heterocycles. The van der Waals surface area contributed by atoms with Crippen LogP contribution in [0.1, 0.15) is 44.0 Å². The molecule has 4 rings (SSSR count). The van der Waals surface area contributed by atoms with Crippen molar-refractivity contribution < 1.29 is 19.4 Å². The zero-order valence-electron chi connectivity index (χ0n) is 18.4. The highest BCUT2D eigenvalue weighted by molar-refractivity contribution is 6.41. The van der Waals surface area contributed by atoms with Crippen molar-refractivity contribution in [2.75, 3.05) is 17.7 Å². The third kappa shape index (κ3) is 3.68. The molecule has 0 fully saturated rings. The van der Waals surface area contributed by atoms with Crippen molar-refractivity contribution in [2.24, 2.45) is 0 Å². The minimum Gasteiger partial charge on any atom is -0.496 e. The van der Waals surface area contributed by atoms with E-state index in [4.69, 9.17) is 22.1 Å². The van der Waals surface area contributed by atoms with Gasteiger partial charge >= 0.3 is 5.97 Å². The fourth-order valence-electron chi connectivity index (χ4n) is 3.90. The molecule has 0 radical (unpaired) electrons. The number of aromatic carboxylic acids is 1. The number of carboxylic acids is 1. The molecule has 0 aromatic carbocycles. The van der Waals surface area contributed by atoms with Crippen LogP contribution >= 0.6 is 11.6 Å². The molecule has 3 aromatic rings. The number of pyridine rings is 1. The van der Waals surface area contributed by atoms with Gasteiger partial charge in [-0.3, -0.25) is 14.7 Å². The average Bonchev–Trinajstić information content (AvgIpc) is 3.23. The third-order valence-corrected chi connectivity index (χ3v) is 5.89. The molecule has 0 bridgehead atoms. The summed E-state index contributed by atoms with van der Waals surface area (Å²) in [6.45, 7) is 5.50. The van der Waals surface area contributed by atoms with Crippen molar-refractivity contribution in [1.82, 2.24) is 19.9 Å². The van der Waals surface area contributed by atoms with Gasteiger partial charge < -0.3 is 20.6 Å². The molecular weight excluding hydrogens is 448 g/mol. The zero-order valence-corrected chi connectivity index (χ0v) is 19.1. The molecule has 0 atom stereocenters. The van der Waals surface area contributed by atoms with Gasteiger partial charge in [-0.2, -0.15) is 4.98 Å². The predicted molar refractivity (Wildman–Crippen MR) is 123 cm³/mol. The lowest BCUT2D eigenvalue weighted by Gasteiger charge is -2.19. The summed E-state index contributed by atoms with van der Waals surface area (Å²) in [5.74, 6) is -0.595. The smallest absolute Gasteiger partial charge is 0.337 e. The topological polar surface area (TPSA) is 147 Å². The molecule has 170 valence electrons. The van der Waals surface area contributed by atoms with E-state index in [2.05, 4.69) is 19.9 Å². The van der Waals surface area contributed by atoms with Crippen molar-refractivity contribution in [3.05, 3.63) is 56.8 Å². The number of ether oxygens (including phenoxy) is 1. The molecule has 4 heterocycles. The van der Waals surface area contributed by atoms with Crippen LogP contribution in [0.4, 0.5) is 11.8 Å².